The molecule has 0 radical (unpaired) electrons. The van der Waals surface area contributed by atoms with E-state index < -0.39 is 0 Å². The van der Waals surface area contributed by atoms with Crippen molar-refractivity contribution < 1.29 is 9.53 Å². The molecule has 1 N–H and O–H groups in total. The maximum absolute atomic E-state index is 11.6. The number of esters is 1. The molecule has 0 rings (SSSR count). The van der Waals surface area contributed by atoms with Crippen LogP contribution < -0.4 is 5.32 Å². The largest absolute Gasteiger partial charge is 0.468 e. The van der Waals surface area contributed by atoms with Crippen molar-refractivity contribution in [1.82, 2.24) is 5.32 Å². The van der Waals surface area contributed by atoms with Gasteiger partial charge >= 0.3 is 5.97 Å². The maximum atomic E-state index is 11.6. The van der Waals surface area contributed by atoms with E-state index in [4.69, 9.17) is 4.74 Å². The number of ether oxygens (including phenoxy) is 1. The summed E-state index contributed by atoms with van der Waals surface area (Å²) in [6.07, 6.45) is 4.34. The first kappa shape index (κ1) is 15.4. The van der Waals surface area contributed by atoms with Gasteiger partial charge in [0.25, 0.3) is 0 Å². The van der Waals surface area contributed by atoms with E-state index in [0.29, 0.717) is 12.0 Å². The molecular formula is C13H27NO2. The van der Waals surface area contributed by atoms with Crippen LogP contribution in [-0.2, 0) is 9.53 Å². The van der Waals surface area contributed by atoms with Gasteiger partial charge in [0.1, 0.15) is 6.04 Å². The second kappa shape index (κ2) is 8.57. The van der Waals surface area contributed by atoms with Crippen LogP contribution in [0, 0.1) is 5.92 Å². The summed E-state index contributed by atoms with van der Waals surface area (Å²) in [7, 11) is 1.45. The third-order valence-corrected chi connectivity index (χ3v) is 2.67. The molecular weight excluding hydrogens is 202 g/mol. The molecule has 0 bridgehead atoms. The van der Waals surface area contributed by atoms with Gasteiger partial charge in [0.2, 0.25) is 0 Å². The predicted molar refractivity (Wildman–Crippen MR) is 67.4 cm³/mol. The minimum atomic E-state index is -0.156. The van der Waals surface area contributed by atoms with Gasteiger partial charge in [-0.2, -0.15) is 0 Å². The van der Waals surface area contributed by atoms with Crippen molar-refractivity contribution in [3.05, 3.63) is 0 Å². The molecule has 0 spiro atoms. The average molecular weight is 229 g/mol. The molecule has 0 amide bonds. The summed E-state index contributed by atoms with van der Waals surface area (Å²) < 4.78 is 4.82. The number of carbonyl (C=O) groups is 1. The quantitative estimate of drug-likeness (QED) is 0.650. The fourth-order valence-electron chi connectivity index (χ4n) is 1.78. The van der Waals surface area contributed by atoms with Crippen LogP contribution in [0.5, 0.6) is 0 Å². The molecule has 0 aromatic carbocycles. The Morgan fingerprint density at radius 2 is 1.94 bits per heavy atom. The topological polar surface area (TPSA) is 38.3 Å². The Hall–Kier alpha value is -0.570. The highest BCUT2D eigenvalue weighted by Crippen LogP contribution is 2.09. The summed E-state index contributed by atoms with van der Waals surface area (Å²) in [6, 6.07) is 0.222. The maximum Gasteiger partial charge on any atom is 0.322 e. The molecule has 2 unspecified atom stereocenters. The summed E-state index contributed by atoms with van der Waals surface area (Å²) in [5.41, 5.74) is 0. The van der Waals surface area contributed by atoms with Crippen molar-refractivity contribution in [2.45, 2.75) is 65.5 Å². The molecule has 0 saturated heterocycles. The van der Waals surface area contributed by atoms with Crippen LogP contribution in [0.3, 0.4) is 0 Å². The lowest BCUT2D eigenvalue weighted by Gasteiger charge is -2.22. The smallest absolute Gasteiger partial charge is 0.322 e. The summed E-state index contributed by atoms with van der Waals surface area (Å²) in [5, 5.41) is 3.36. The molecule has 0 aliphatic rings. The highest BCUT2D eigenvalue weighted by Gasteiger charge is 2.21. The number of methoxy groups -OCH3 is 1. The lowest BCUT2D eigenvalue weighted by atomic mass is 10.0. The van der Waals surface area contributed by atoms with Crippen molar-refractivity contribution in [1.29, 1.82) is 0 Å². The van der Waals surface area contributed by atoms with Gasteiger partial charge in [0.05, 0.1) is 7.11 Å². The molecule has 16 heavy (non-hydrogen) atoms. The van der Waals surface area contributed by atoms with E-state index in [9.17, 15) is 4.79 Å². The SMILES string of the molecule is CCCCC(C)NC(CC(C)C)C(=O)OC. The van der Waals surface area contributed by atoms with Crippen LogP contribution in [0.25, 0.3) is 0 Å². The van der Waals surface area contributed by atoms with Crippen LogP contribution in [-0.4, -0.2) is 25.2 Å². The van der Waals surface area contributed by atoms with Gasteiger partial charge in [-0.05, 0) is 25.7 Å². The van der Waals surface area contributed by atoms with E-state index in [1.54, 1.807) is 0 Å². The van der Waals surface area contributed by atoms with Crippen molar-refractivity contribution in [2.24, 2.45) is 5.92 Å². The fourth-order valence-corrected chi connectivity index (χ4v) is 1.78. The van der Waals surface area contributed by atoms with Crippen molar-refractivity contribution in [3.63, 3.8) is 0 Å². The monoisotopic (exact) mass is 229 g/mol. The van der Waals surface area contributed by atoms with E-state index in [1.807, 2.05) is 0 Å². The van der Waals surface area contributed by atoms with Crippen molar-refractivity contribution >= 4 is 5.97 Å². The Kier molecular flexibility index (Phi) is 8.26. The second-order valence-electron chi connectivity index (χ2n) is 4.92. The molecule has 0 heterocycles. The molecule has 0 aliphatic heterocycles. The minimum absolute atomic E-state index is 0.142. The molecule has 3 nitrogen and oxygen atoms in total. The first-order valence-corrected chi connectivity index (χ1v) is 6.35. The van der Waals surface area contributed by atoms with Crippen molar-refractivity contribution in [3.8, 4) is 0 Å². The second-order valence-corrected chi connectivity index (χ2v) is 4.92. The molecule has 0 aromatic rings. The van der Waals surface area contributed by atoms with Crippen LogP contribution >= 0.6 is 0 Å². The molecule has 0 saturated carbocycles. The first-order chi connectivity index (χ1) is 7.51. The summed E-state index contributed by atoms with van der Waals surface area (Å²) in [6.45, 7) is 8.55. The lowest BCUT2D eigenvalue weighted by molar-refractivity contribution is -0.143. The Morgan fingerprint density at radius 3 is 2.38 bits per heavy atom. The Balaban J connectivity index is 4.14. The van der Waals surface area contributed by atoms with Crippen LogP contribution in [0.15, 0.2) is 0 Å². The molecule has 3 heteroatoms. The minimum Gasteiger partial charge on any atom is -0.468 e. The highest BCUT2D eigenvalue weighted by molar-refractivity contribution is 5.75. The third-order valence-electron chi connectivity index (χ3n) is 2.67. The zero-order valence-corrected chi connectivity index (χ0v) is 11.4. The van der Waals surface area contributed by atoms with Crippen LogP contribution in [0.4, 0.5) is 0 Å². The number of nitrogens with one attached hydrogen (secondary N) is 1. The van der Waals surface area contributed by atoms with Crippen LogP contribution in [0.1, 0.15) is 53.4 Å². The van der Waals surface area contributed by atoms with Gasteiger partial charge in [0.15, 0.2) is 0 Å². The Morgan fingerprint density at radius 1 is 1.31 bits per heavy atom. The predicted octanol–water partition coefficient (Wildman–Crippen LogP) is 2.74. The number of unbranched alkanes of at least 4 members (excludes halogenated alkanes) is 1. The van der Waals surface area contributed by atoms with E-state index in [0.717, 1.165) is 12.8 Å². The Labute approximate surface area is 99.9 Å². The van der Waals surface area contributed by atoms with Gasteiger partial charge in [0, 0.05) is 6.04 Å². The summed E-state index contributed by atoms with van der Waals surface area (Å²) in [5.74, 6) is 0.354. The molecule has 0 aromatic heterocycles. The normalized spacial score (nSPS) is 14.9. The fraction of sp³-hybridized carbons (Fsp3) is 0.923. The highest BCUT2D eigenvalue weighted by atomic mass is 16.5. The van der Waals surface area contributed by atoms with Crippen molar-refractivity contribution in [2.75, 3.05) is 7.11 Å². The molecule has 96 valence electrons. The zero-order chi connectivity index (χ0) is 12.6. The molecule has 0 aliphatic carbocycles. The number of hydrogen-bond donors (Lipinski definition) is 1. The van der Waals surface area contributed by atoms with E-state index in [2.05, 4.69) is 33.0 Å². The van der Waals surface area contributed by atoms with Gasteiger partial charge in [-0.25, -0.2) is 0 Å². The van der Waals surface area contributed by atoms with Gasteiger partial charge in [-0.15, -0.1) is 0 Å². The van der Waals surface area contributed by atoms with Gasteiger partial charge in [-0.1, -0.05) is 33.6 Å². The molecule has 0 fully saturated rings. The van der Waals surface area contributed by atoms with Crippen LogP contribution in [0.2, 0.25) is 0 Å². The lowest BCUT2D eigenvalue weighted by Crippen LogP contribution is -2.43. The number of carbonyl (C=O) groups excluding carboxylic acids is 1. The van der Waals surface area contributed by atoms with Gasteiger partial charge in [-0.3, -0.25) is 4.79 Å². The van der Waals surface area contributed by atoms with Gasteiger partial charge < -0.3 is 10.1 Å². The van der Waals surface area contributed by atoms with E-state index >= 15 is 0 Å². The third kappa shape index (κ3) is 6.83. The Bertz CT molecular complexity index is 192. The molecule has 2 atom stereocenters. The number of hydrogen-bond acceptors (Lipinski definition) is 3. The summed E-state index contributed by atoms with van der Waals surface area (Å²) >= 11 is 0. The average Bonchev–Trinajstić information content (AvgIpc) is 2.23. The zero-order valence-electron chi connectivity index (χ0n) is 11.4. The standard InChI is InChI=1S/C13H27NO2/c1-6-7-8-11(4)14-12(9-10(2)3)13(15)16-5/h10-12,14H,6-9H2,1-5H3. The summed E-state index contributed by atoms with van der Waals surface area (Å²) in [4.78, 5) is 11.6. The van der Waals surface area contributed by atoms with E-state index in [1.165, 1.54) is 20.0 Å². The first-order valence-electron chi connectivity index (χ1n) is 6.35. The van der Waals surface area contributed by atoms with E-state index in [-0.39, 0.29) is 12.0 Å². The number of rotatable bonds is 8.